The smallest absolute Gasteiger partial charge is 0.329 e. The van der Waals surface area contributed by atoms with Gasteiger partial charge in [0.2, 0.25) is 6.41 Å². The van der Waals surface area contributed by atoms with Gasteiger partial charge in [0.1, 0.15) is 5.75 Å². The van der Waals surface area contributed by atoms with E-state index in [4.69, 9.17) is 10.00 Å². The van der Waals surface area contributed by atoms with E-state index in [9.17, 15) is 9.59 Å². The van der Waals surface area contributed by atoms with Crippen molar-refractivity contribution in [2.75, 3.05) is 4.90 Å². The summed E-state index contributed by atoms with van der Waals surface area (Å²) in [7, 11) is 0. The summed E-state index contributed by atoms with van der Waals surface area (Å²) in [5.74, 6) is 0.531. The molecule has 0 bridgehead atoms. The van der Waals surface area contributed by atoms with Crippen LogP contribution in [0, 0.1) is 11.3 Å². The Kier molecular flexibility index (Phi) is 6.77. The van der Waals surface area contributed by atoms with Crippen LogP contribution in [0.2, 0.25) is 0 Å². The summed E-state index contributed by atoms with van der Waals surface area (Å²) in [6.45, 7) is 11.7. The van der Waals surface area contributed by atoms with Gasteiger partial charge < -0.3 is 10.1 Å². The quantitative estimate of drug-likeness (QED) is 0.713. The second kappa shape index (κ2) is 8.91. The van der Waals surface area contributed by atoms with Gasteiger partial charge in [-0.25, -0.2) is 19.7 Å². The highest BCUT2D eigenvalue weighted by Gasteiger charge is 2.24. The molecule has 1 heterocycles. The van der Waals surface area contributed by atoms with Crippen LogP contribution in [-0.4, -0.2) is 27.9 Å². The lowest BCUT2D eigenvalue weighted by Gasteiger charge is -2.27. The number of nitrogens with one attached hydrogen (secondary N) is 1. The maximum Gasteiger partial charge on any atom is 0.329 e. The molecule has 158 valence electrons. The fourth-order valence-electron chi connectivity index (χ4n) is 2.52. The van der Waals surface area contributed by atoms with Gasteiger partial charge in [-0.05, 0) is 43.9 Å². The van der Waals surface area contributed by atoms with Crippen molar-refractivity contribution in [1.29, 1.82) is 5.26 Å². The first-order valence-electron chi connectivity index (χ1n) is 9.62. The summed E-state index contributed by atoms with van der Waals surface area (Å²) in [4.78, 5) is 33.0. The molecular formula is C22H27N5O3. The number of urea groups is 1. The zero-order valence-corrected chi connectivity index (χ0v) is 18.2. The Morgan fingerprint density at radius 2 is 1.87 bits per heavy atom. The first-order chi connectivity index (χ1) is 14.0. The van der Waals surface area contributed by atoms with E-state index < -0.39 is 11.6 Å². The molecule has 30 heavy (non-hydrogen) atoms. The first-order valence-corrected chi connectivity index (χ1v) is 9.62. The number of hydrogen-bond donors (Lipinski definition) is 1. The van der Waals surface area contributed by atoms with Crippen LogP contribution in [0.5, 0.6) is 11.8 Å². The molecule has 1 aromatic heterocycles. The molecule has 0 radical (unpaired) electrons. The molecule has 8 heteroatoms. The predicted molar refractivity (Wildman–Crippen MR) is 113 cm³/mol. The minimum absolute atomic E-state index is 0.0640. The third-order valence-corrected chi connectivity index (χ3v) is 4.66. The molecule has 0 fully saturated rings. The monoisotopic (exact) mass is 409 g/mol. The van der Waals surface area contributed by atoms with E-state index in [2.05, 4.69) is 21.4 Å². The summed E-state index contributed by atoms with van der Waals surface area (Å²) in [5.41, 5.74) is 0.871. The summed E-state index contributed by atoms with van der Waals surface area (Å²) >= 11 is 0. The fourth-order valence-corrected chi connectivity index (χ4v) is 2.52. The van der Waals surface area contributed by atoms with Gasteiger partial charge in [-0.3, -0.25) is 4.79 Å². The number of hydrogen-bond acceptors (Lipinski definition) is 6. The molecule has 0 saturated heterocycles. The molecule has 0 spiro atoms. The Morgan fingerprint density at radius 3 is 2.37 bits per heavy atom. The molecular weight excluding hydrogens is 382 g/mol. The van der Waals surface area contributed by atoms with Gasteiger partial charge in [-0.15, -0.1) is 0 Å². The van der Waals surface area contributed by atoms with Crippen molar-refractivity contribution in [2.45, 2.75) is 58.9 Å². The van der Waals surface area contributed by atoms with Crippen molar-refractivity contribution in [1.82, 2.24) is 15.3 Å². The summed E-state index contributed by atoms with van der Waals surface area (Å²) in [6.07, 6.45) is 3.80. The normalized spacial score (nSPS) is 11.4. The van der Waals surface area contributed by atoms with E-state index in [1.165, 1.54) is 12.4 Å². The number of aromatic nitrogens is 2. The molecule has 0 aliphatic carbocycles. The SMILES string of the molecule is CCC(C)(C)NC(=O)N(C=O)c1cnc(Oc2ccc(C#N)cc2C(C)(C)C)nc1. The van der Waals surface area contributed by atoms with Crippen LogP contribution in [0.4, 0.5) is 10.5 Å². The highest BCUT2D eigenvalue weighted by molar-refractivity contribution is 6.05. The van der Waals surface area contributed by atoms with E-state index in [0.717, 1.165) is 10.5 Å². The number of ether oxygens (including phenoxy) is 1. The second-order valence-electron chi connectivity index (χ2n) is 8.54. The predicted octanol–water partition coefficient (Wildman–Crippen LogP) is 4.30. The van der Waals surface area contributed by atoms with E-state index in [-0.39, 0.29) is 17.1 Å². The number of nitrogens with zero attached hydrogens (tertiary/aromatic N) is 4. The lowest BCUT2D eigenvalue weighted by Crippen LogP contribution is -2.49. The molecule has 0 unspecified atom stereocenters. The number of rotatable bonds is 6. The van der Waals surface area contributed by atoms with Gasteiger partial charge in [0, 0.05) is 11.1 Å². The largest absolute Gasteiger partial charge is 0.424 e. The summed E-state index contributed by atoms with van der Waals surface area (Å²) in [5, 5.41) is 12.0. The molecule has 2 aromatic rings. The maximum atomic E-state index is 12.4. The standard InChI is InChI=1S/C22H27N5O3/c1-7-22(5,6)26-20(29)27(14-28)16-12-24-19(25-13-16)30-18-9-8-15(11-23)10-17(18)21(2,3)4/h8-10,12-14H,7H2,1-6H3,(H,26,29). The van der Waals surface area contributed by atoms with Gasteiger partial charge in [0.15, 0.2) is 0 Å². The van der Waals surface area contributed by atoms with Crippen LogP contribution in [0.15, 0.2) is 30.6 Å². The zero-order valence-electron chi connectivity index (χ0n) is 18.2. The Bertz CT molecular complexity index is 956. The lowest BCUT2D eigenvalue weighted by molar-refractivity contribution is -0.106. The molecule has 1 N–H and O–H groups in total. The number of carbonyl (C=O) groups excluding carboxylic acids is 2. The van der Waals surface area contributed by atoms with Crippen molar-refractivity contribution in [2.24, 2.45) is 0 Å². The number of anilines is 1. The van der Waals surface area contributed by atoms with E-state index in [1.807, 2.05) is 41.5 Å². The molecule has 2 rings (SSSR count). The third-order valence-electron chi connectivity index (χ3n) is 4.66. The van der Waals surface area contributed by atoms with Gasteiger partial charge in [0.05, 0.1) is 29.7 Å². The molecule has 8 nitrogen and oxygen atoms in total. The van der Waals surface area contributed by atoms with E-state index >= 15 is 0 Å². The number of benzene rings is 1. The Labute approximate surface area is 176 Å². The van der Waals surface area contributed by atoms with Crippen molar-refractivity contribution >= 4 is 18.1 Å². The van der Waals surface area contributed by atoms with Crippen LogP contribution in [0.3, 0.4) is 0 Å². The molecule has 0 aliphatic rings. The molecule has 0 aliphatic heterocycles. The van der Waals surface area contributed by atoms with Crippen molar-refractivity contribution in [3.05, 3.63) is 41.7 Å². The molecule has 0 atom stereocenters. The average molecular weight is 409 g/mol. The molecule has 3 amide bonds. The first kappa shape index (κ1) is 22.8. The van der Waals surface area contributed by atoms with Gasteiger partial charge in [-0.2, -0.15) is 5.26 Å². The van der Waals surface area contributed by atoms with Crippen LogP contribution >= 0.6 is 0 Å². The topological polar surface area (TPSA) is 108 Å². The van der Waals surface area contributed by atoms with Crippen LogP contribution < -0.4 is 15.0 Å². The number of nitriles is 1. The van der Waals surface area contributed by atoms with Crippen molar-refractivity contribution in [3.63, 3.8) is 0 Å². The van der Waals surface area contributed by atoms with E-state index in [0.29, 0.717) is 24.1 Å². The minimum Gasteiger partial charge on any atom is -0.424 e. The van der Waals surface area contributed by atoms with E-state index in [1.54, 1.807) is 18.2 Å². The molecule has 0 saturated carbocycles. The number of imide groups is 1. The number of amides is 3. The third kappa shape index (κ3) is 5.54. The lowest BCUT2D eigenvalue weighted by atomic mass is 9.85. The van der Waals surface area contributed by atoms with Gasteiger partial charge >= 0.3 is 12.0 Å². The Hall–Kier alpha value is -3.47. The zero-order chi connectivity index (χ0) is 22.5. The fraction of sp³-hybridized carbons (Fsp3) is 0.409. The maximum absolute atomic E-state index is 12.4. The van der Waals surface area contributed by atoms with Gasteiger partial charge in [-0.1, -0.05) is 27.7 Å². The van der Waals surface area contributed by atoms with Crippen molar-refractivity contribution in [3.8, 4) is 17.8 Å². The van der Waals surface area contributed by atoms with Crippen LogP contribution in [0.1, 0.15) is 59.1 Å². The Morgan fingerprint density at radius 1 is 1.23 bits per heavy atom. The van der Waals surface area contributed by atoms with Crippen molar-refractivity contribution < 1.29 is 14.3 Å². The second-order valence-corrected chi connectivity index (χ2v) is 8.54. The summed E-state index contributed by atoms with van der Waals surface area (Å²) in [6, 6.07) is 6.77. The highest BCUT2D eigenvalue weighted by Crippen LogP contribution is 2.34. The molecule has 1 aromatic carbocycles. The minimum atomic E-state index is -0.559. The summed E-state index contributed by atoms with van der Waals surface area (Å²) < 4.78 is 5.82. The number of carbonyl (C=O) groups is 2. The Balaban J connectivity index is 2.25. The van der Waals surface area contributed by atoms with Crippen LogP contribution in [-0.2, 0) is 10.2 Å². The van der Waals surface area contributed by atoms with Crippen LogP contribution in [0.25, 0.3) is 0 Å². The van der Waals surface area contributed by atoms with Gasteiger partial charge in [0.25, 0.3) is 0 Å². The highest BCUT2D eigenvalue weighted by atomic mass is 16.5. The average Bonchev–Trinajstić information content (AvgIpc) is 2.69.